The minimum absolute atomic E-state index is 0.0791. The summed E-state index contributed by atoms with van der Waals surface area (Å²) in [4.78, 5) is 30.3. The molecule has 1 amide bonds. The number of esters is 1. The zero-order valence-electron chi connectivity index (χ0n) is 16.4. The molecular weight excluding hydrogens is 374 g/mol. The molecule has 0 radical (unpaired) electrons. The fourth-order valence-corrected chi connectivity index (χ4v) is 4.34. The van der Waals surface area contributed by atoms with Crippen molar-refractivity contribution in [3.05, 3.63) is 42.0 Å². The van der Waals surface area contributed by atoms with Crippen LogP contribution in [0, 0.1) is 0 Å². The molecule has 2 aromatic rings. The molecule has 7 heteroatoms. The van der Waals surface area contributed by atoms with Crippen molar-refractivity contribution in [2.45, 2.75) is 13.3 Å². The summed E-state index contributed by atoms with van der Waals surface area (Å²) in [6.07, 6.45) is 0.408. The Labute approximate surface area is 170 Å². The van der Waals surface area contributed by atoms with Crippen molar-refractivity contribution in [3.8, 4) is 10.4 Å². The van der Waals surface area contributed by atoms with Gasteiger partial charge in [-0.25, -0.2) is 4.79 Å². The number of nitrogens with one attached hydrogen (secondary N) is 1. The third kappa shape index (κ3) is 5.19. The molecule has 1 aromatic heterocycles. The number of thiophene rings is 1. The third-order valence-electron chi connectivity index (χ3n) is 5.02. The average molecular weight is 402 g/mol. The van der Waals surface area contributed by atoms with Gasteiger partial charge in [0.15, 0.2) is 0 Å². The second-order valence-corrected chi connectivity index (χ2v) is 7.84. The molecule has 1 aliphatic rings. The Hall–Kier alpha value is -2.22. The van der Waals surface area contributed by atoms with Gasteiger partial charge in [-0.3, -0.25) is 4.79 Å². The molecular formula is C21H27N3O3S. The summed E-state index contributed by atoms with van der Waals surface area (Å²) in [5, 5.41) is 3.46. The summed E-state index contributed by atoms with van der Waals surface area (Å²) in [7, 11) is 1.35. The average Bonchev–Trinajstić information content (AvgIpc) is 3.16. The summed E-state index contributed by atoms with van der Waals surface area (Å²) >= 11 is 1.40. The van der Waals surface area contributed by atoms with Crippen LogP contribution in [0.5, 0.6) is 0 Å². The molecule has 3 rings (SSSR count). The molecule has 0 bridgehead atoms. The zero-order chi connectivity index (χ0) is 19.9. The zero-order valence-corrected chi connectivity index (χ0v) is 17.3. The monoisotopic (exact) mass is 401 g/mol. The Morgan fingerprint density at radius 2 is 1.79 bits per heavy atom. The van der Waals surface area contributed by atoms with Crippen LogP contribution >= 0.6 is 11.3 Å². The fourth-order valence-electron chi connectivity index (χ4n) is 3.27. The Morgan fingerprint density at radius 3 is 2.43 bits per heavy atom. The number of methoxy groups -OCH3 is 1. The Morgan fingerprint density at radius 1 is 1.11 bits per heavy atom. The predicted molar refractivity (Wildman–Crippen MR) is 113 cm³/mol. The van der Waals surface area contributed by atoms with E-state index in [9.17, 15) is 9.59 Å². The number of carbonyl (C=O) groups excluding carboxylic acids is 2. The molecule has 0 atom stereocenters. The van der Waals surface area contributed by atoms with E-state index in [0.29, 0.717) is 17.0 Å². The van der Waals surface area contributed by atoms with Crippen LogP contribution in [0.3, 0.4) is 0 Å². The lowest BCUT2D eigenvalue weighted by molar-refractivity contribution is -0.116. The number of piperazine rings is 1. The second-order valence-electron chi connectivity index (χ2n) is 6.79. The van der Waals surface area contributed by atoms with E-state index in [1.54, 1.807) is 6.07 Å². The lowest BCUT2D eigenvalue weighted by atomic mass is 10.1. The molecule has 0 spiro atoms. The first-order chi connectivity index (χ1) is 13.6. The molecule has 1 fully saturated rings. The van der Waals surface area contributed by atoms with E-state index in [2.05, 4.69) is 22.0 Å². The quantitative estimate of drug-likeness (QED) is 0.722. The lowest BCUT2D eigenvalue weighted by Gasteiger charge is -2.33. The number of ether oxygens (including phenoxy) is 1. The van der Waals surface area contributed by atoms with Crippen molar-refractivity contribution >= 4 is 28.2 Å². The number of likely N-dealkylation sites (N-methyl/N-ethyl adjacent to an activating group) is 1. The highest BCUT2D eigenvalue weighted by atomic mass is 32.1. The van der Waals surface area contributed by atoms with Gasteiger partial charge in [0.1, 0.15) is 5.00 Å². The molecule has 2 heterocycles. The van der Waals surface area contributed by atoms with Crippen molar-refractivity contribution in [3.63, 3.8) is 0 Å². The topological polar surface area (TPSA) is 61.9 Å². The van der Waals surface area contributed by atoms with E-state index < -0.39 is 5.97 Å². The number of hydrogen-bond donors (Lipinski definition) is 1. The standard InChI is InChI=1S/C21H27N3O3S/c1-3-23-11-13-24(14-12-23)10-9-19(25)22-20-17(21(26)27-2)15-18(28-20)16-7-5-4-6-8-16/h4-8,15H,3,9-14H2,1-2H3,(H,22,25). The molecule has 1 N–H and O–H groups in total. The maximum absolute atomic E-state index is 12.5. The van der Waals surface area contributed by atoms with E-state index in [0.717, 1.165) is 49.7 Å². The van der Waals surface area contributed by atoms with Crippen LogP contribution in [0.1, 0.15) is 23.7 Å². The van der Waals surface area contributed by atoms with E-state index in [4.69, 9.17) is 4.74 Å². The SMILES string of the molecule is CCN1CCN(CCC(=O)Nc2sc(-c3ccccc3)cc2C(=O)OC)CC1. The first-order valence-electron chi connectivity index (χ1n) is 9.62. The molecule has 6 nitrogen and oxygen atoms in total. The van der Waals surface area contributed by atoms with Crippen LogP contribution in [-0.2, 0) is 9.53 Å². The van der Waals surface area contributed by atoms with Crippen molar-refractivity contribution in [1.29, 1.82) is 0 Å². The maximum Gasteiger partial charge on any atom is 0.340 e. The smallest absolute Gasteiger partial charge is 0.340 e. The van der Waals surface area contributed by atoms with Gasteiger partial charge in [0.2, 0.25) is 5.91 Å². The van der Waals surface area contributed by atoms with Gasteiger partial charge in [-0.2, -0.15) is 0 Å². The van der Waals surface area contributed by atoms with E-state index in [-0.39, 0.29) is 5.91 Å². The van der Waals surface area contributed by atoms with Gasteiger partial charge < -0.3 is 19.9 Å². The van der Waals surface area contributed by atoms with Gasteiger partial charge in [-0.15, -0.1) is 11.3 Å². The highest BCUT2D eigenvalue weighted by molar-refractivity contribution is 7.20. The van der Waals surface area contributed by atoms with Crippen molar-refractivity contribution < 1.29 is 14.3 Å². The van der Waals surface area contributed by atoms with Crippen LogP contribution in [0.4, 0.5) is 5.00 Å². The van der Waals surface area contributed by atoms with E-state index >= 15 is 0 Å². The number of hydrogen-bond acceptors (Lipinski definition) is 6. The van der Waals surface area contributed by atoms with Crippen molar-refractivity contribution in [2.75, 3.05) is 51.7 Å². The van der Waals surface area contributed by atoms with Crippen LogP contribution < -0.4 is 5.32 Å². The second kappa shape index (κ2) is 9.82. The highest BCUT2D eigenvalue weighted by Gasteiger charge is 2.20. The number of rotatable bonds is 7. The Bertz CT molecular complexity index is 798. The number of benzene rings is 1. The van der Waals surface area contributed by atoms with E-state index in [1.165, 1.54) is 18.4 Å². The number of nitrogens with zero attached hydrogens (tertiary/aromatic N) is 2. The minimum atomic E-state index is -0.440. The van der Waals surface area contributed by atoms with Gasteiger partial charge in [0, 0.05) is 44.0 Å². The molecule has 1 aromatic carbocycles. The van der Waals surface area contributed by atoms with Gasteiger partial charge in [0.25, 0.3) is 0 Å². The summed E-state index contributed by atoms with van der Waals surface area (Å²) in [6.45, 7) is 8.07. The van der Waals surface area contributed by atoms with Gasteiger partial charge in [-0.05, 0) is 18.2 Å². The van der Waals surface area contributed by atoms with Gasteiger partial charge in [0.05, 0.1) is 12.7 Å². The lowest BCUT2D eigenvalue weighted by Crippen LogP contribution is -2.46. The molecule has 1 aliphatic heterocycles. The molecule has 0 unspecified atom stereocenters. The Balaban J connectivity index is 1.63. The van der Waals surface area contributed by atoms with Crippen LogP contribution in [0.15, 0.2) is 36.4 Å². The van der Waals surface area contributed by atoms with Gasteiger partial charge in [-0.1, -0.05) is 37.3 Å². The van der Waals surface area contributed by atoms with Crippen LogP contribution in [0.25, 0.3) is 10.4 Å². The summed E-state index contributed by atoms with van der Waals surface area (Å²) in [6, 6.07) is 11.6. The molecule has 0 aliphatic carbocycles. The molecule has 0 saturated carbocycles. The summed E-state index contributed by atoms with van der Waals surface area (Å²) in [5.74, 6) is -0.519. The maximum atomic E-state index is 12.5. The molecule has 28 heavy (non-hydrogen) atoms. The van der Waals surface area contributed by atoms with Crippen LogP contribution in [-0.4, -0.2) is 68.1 Å². The normalized spacial score (nSPS) is 15.4. The first kappa shape index (κ1) is 20.5. The minimum Gasteiger partial charge on any atom is -0.465 e. The van der Waals surface area contributed by atoms with Crippen molar-refractivity contribution in [1.82, 2.24) is 9.80 Å². The molecule has 150 valence electrons. The summed E-state index contributed by atoms with van der Waals surface area (Å²) in [5.41, 5.74) is 1.41. The number of carbonyl (C=O) groups is 2. The number of anilines is 1. The largest absolute Gasteiger partial charge is 0.465 e. The van der Waals surface area contributed by atoms with Gasteiger partial charge >= 0.3 is 5.97 Å². The van der Waals surface area contributed by atoms with Crippen LogP contribution in [0.2, 0.25) is 0 Å². The fraction of sp³-hybridized carbons (Fsp3) is 0.429. The van der Waals surface area contributed by atoms with Crippen molar-refractivity contribution in [2.24, 2.45) is 0 Å². The predicted octanol–water partition coefficient (Wildman–Crippen LogP) is 3.17. The third-order valence-corrected chi connectivity index (χ3v) is 6.12. The highest BCUT2D eigenvalue weighted by Crippen LogP contribution is 2.35. The van der Waals surface area contributed by atoms with E-state index in [1.807, 2.05) is 30.3 Å². The molecule has 1 saturated heterocycles. The Kier molecular flexibility index (Phi) is 7.19. The number of amides is 1. The first-order valence-corrected chi connectivity index (χ1v) is 10.4. The summed E-state index contributed by atoms with van der Waals surface area (Å²) < 4.78 is 4.89.